The van der Waals surface area contributed by atoms with Gasteiger partial charge in [0.25, 0.3) is 0 Å². The highest BCUT2D eigenvalue weighted by atomic mass is 32.1. The minimum absolute atomic E-state index is 0.209. The predicted octanol–water partition coefficient (Wildman–Crippen LogP) is 4.05. The molecule has 1 aromatic heterocycles. The van der Waals surface area contributed by atoms with Gasteiger partial charge in [-0.1, -0.05) is 19.4 Å². The lowest BCUT2D eigenvalue weighted by molar-refractivity contribution is 0.133. The summed E-state index contributed by atoms with van der Waals surface area (Å²) < 4.78 is 14.0. The zero-order valence-electron chi connectivity index (χ0n) is 9.74. The van der Waals surface area contributed by atoms with E-state index in [2.05, 4.69) is 6.92 Å². The molecule has 0 spiro atoms. The van der Waals surface area contributed by atoms with Crippen LogP contribution in [0.25, 0.3) is 10.1 Å². The van der Waals surface area contributed by atoms with Crippen LogP contribution in [0.3, 0.4) is 0 Å². The van der Waals surface area contributed by atoms with Crippen molar-refractivity contribution in [3.8, 4) is 0 Å². The molecule has 1 N–H and O–H groups in total. The Balaban J connectivity index is 1.97. The number of halogens is 1. The lowest BCUT2D eigenvalue weighted by Gasteiger charge is -2.06. The normalized spacial score (nSPS) is 27.6. The van der Waals surface area contributed by atoms with Gasteiger partial charge in [0.1, 0.15) is 11.4 Å². The molecule has 1 saturated carbocycles. The molecule has 0 radical (unpaired) electrons. The molecule has 0 saturated heterocycles. The van der Waals surface area contributed by atoms with Gasteiger partial charge >= 0.3 is 0 Å². The summed E-state index contributed by atoms with van der Waals surface area (Å²) in [5.41, 5.74) is -0.629. The Morgan fingerprint density at radius 1 is 1.47 bits per heavy atom. The van der Waals surface area contributed by atoms with Gasteiger partial charge in [-0.3, -0.25) is 0 Å². The van der Waals surface area contributed by atoms with E-state index in [9.17, 15) is 9.50 Å². The van der Waals surface area contributed by atoms with E-state index >= 15 is 0 Å². The Morgan fingerprint density at radius 2 is 2.29 bits per heavy atom. The van der Waals surface area contributed by atoms with Crippen LogP contribution in [0.5, 0.6) is 0 Å². The number of thiophene rings is 1. The van der Waals surface area contributed by atoms with Crippen molar-refractivity contribution in [2.75, 3.05) is 0 Å². The molecular weight excluding hydrogens is 235 g/mol. The molecule has 3 heteroatoms. The summed E-state index contributed by atoms with van der Waals surface area (Å²) in [4.78, 5) is 0.997. The first-order valence-corrected chi connectivity index (χ1v) is 6.87. The van der Waals surface area contributed by atoms with Crippen molar-refractivity contribution in [3.63, 3.8) is 0 Å². The van der Waals surface area contributed by atoms with E-state index in [0.29, 0.717) is 5.92 Å². The molecule has 2 unspecified atom stereocenters. The molecule has 2 atom stereocenters. The summed E-state index contributed by atoms with van der Waals surface area (Å²) in [5, 5.41) is 11.5. The van der Waals surface area contributed by atoms with Crippen LogP contribution in [0.1, 0.15) is 31.1 Å². The van der Waals surface area contributed by atoms with Crippen LogP contribution >= 0.6 is 11.3 Å². The van der Waals surface area contributed by atoms with Crippen LogP contribution in [-0.4, -0.2) is 5.11 Å². The van der Waals surface area contributed by atoms with Crippen molar-refractivity contribution in [2.24, 2.45) is 5.92 Å². The smallest absolute Gasteiger partial charge is 0.124 e. The van der Waals surface area contributed by atoms with Gasteiger partial charge in [-0.2, -0.15) is 0 Å². The molecule has 0 bridgehead atoms. The highest BCUT2D eigenvalue weighted by Gasteiger charge is 2.54. The van der Waals surface area contributed by atoms with Crippen LogP contribution < -0.4 is 0 Å². The number of fused-ring (bicyclic) bond motifs is 1. The van der Waals surface area contributed by atoms with E-state index in [1.54, 1.807) is 12.1 Å². The fraction of sp³-hybridized carbons (Fsp3) is 0.429. The minimum Gasteiger partial charge on any atom is -0.384 e. The van der Waals surface area contributed by atoms with Crippen molar-refractivity contribution in [3.05, 3.63) is 35.0 Å². The Labute approximate surface area is 104 Å². The SMILES string of the molecule is CCCC1CC1(O)c1cc2ccc(F)cc2s1. The highest BCUT2D eigenvalue weighted by molar-refractivity contribution is 7.19. The molecule has 1 aromatic carbocycles. The maximum atomic E-state index is 13.1. The van der Waals surface area contributed by atoms with Gasteiger partial charge in [0.15, 0.2) is 0 Å². The summed E-state index contributed by atoms with van der Waals surface area (Å²) >= 11 is 1.52. The van der Waals surface area contributed by atoms with E-state index < -0.39 is 5.60 Å². The molecule has 1 heterocycles. The summed E-state index contributed by atoms with van der Waals surface area (Å²) in [6, 6.07) is 6.81. The molecule has 1 aliphatic carbocycles. The van der Waals surface area contributed by atoms with Gasteiger partial charge in [0, 0.05) is 9.58 Å². The zero-order chi connectivity index (χ0) is 12.0. The monoisotopic (exact) mass is 250 g/mol. The fourth-order valence-corrected chi connectivity index (χ4v) is 3.79. The van der Waals surface area contributed by atoms with Crippen LogP contribution in [0.4, 0.5) is 4.39 Å². The van der Waals surface area contributed by atoms with E-state index in [-0.39, 0.29) is 5.82 Å². The zero-order valence-corrected chi connectivity index (χ0v) is 10.6. The summed E-state index contributed by atoms with van der Waals surface area (Å²) in [6.07, 6.45) is 3.03. The average molecular weight is 250 g/mol. The first-order valence-electron chi connectivity index (χ1n) is 6.05. The molecule has 1 fully saturated rings. The first kappa shape index (κ1) is 11.2. The topological polar surface area (TPSA) is 20.2 Å². The number of rotatable bonds is 3. The van der Waals surface area contributed by atoms with E-state index in [4.69, 9.17) is 0 Å². The van der Waals surface area contributed by atoms with Gasteiger partial charge in [-0.25, -0.2) is 4.39 Å². The molecule has 90 valence electrons. The Bertz CT molecular complexity index is 562. The lowest BCUT2D eigenvalue weighted by Crippen LogP contribution is -2.05. The number of aliphatic hydroxyl groups is 1. The van der Waals surface area contributed by atoms with Gasteiger partial charge in [0.05, 0.1) is 0 Å². The van der Waals surface area contributed by atoms with E-state index in [1.807, 2.05) is 6.07 Å². The third-order valence-corrected chi connectivity index (χ3v) is 4.88. The summed E-state index contributed by atoms with van der Waals surface area (Å²) in [7, 11) is 0. The first-order chi connectivity index (χ1) is 8.13. The molecule has 2 aromatic rings. The van der Waals surface area contributed by atoms with E-state index in [1.165, 1.54) is 17.4 Å². The van der Waals surface area contributed by atoms with Crippen molar-refractivity contribution >= 4 is 21.4 Å². The molecule has 0 aliphatic heterocycles. The molecule has 1 nitrogen and oxygen atoms in total. The van der Waals surface area contributed by atoms with Gasteiger partial charge < -0.3 is 5.11 Å². The second kappa shape index (κ2) is 3.79. The van der Waals surface area contributed by atoms with Crippen molar-refractivity contribution in [2.45, 2.75) is 31.8 Å². The summed E-state index contributed by atoms with van der Waals surface area (Å²) in [6.45, 7) is 2.14. The maximum absolute atomic E-state index is 13.1. The van der Waals surface area contributed by atoms with Crippen molar-refractivity contribution in [1.29, 1.82) is 0 Å². The Hall–Kier alpha value is -0.930. The van der Waals surface area contributed by atoms with Crippen LogP contribution in [-0.2, 0) is 5.60 Å². The van der Waals surface area contributed by atoms with Gasteiger partial charge in [-0.05, 0) is 42.3 Å². The van der Waals surface area contributed by atoms with Crippen LogP contribution in [0, 0.1) is 11.7 Å². The predicted molar refractivity (Wildman–Crippen MR) is 68.7 cm³/mol. The molecule has 17 heavy (non-hydrogen) atoms. The minimum atomic E-state index is -0.629. The fourth-order valence-electron chi connectivity index (χ4n) is 2.53. The molecule has 1 aliphatic rings. The van der Waals surface area contributed by atoms with Gasteiger partial charge in [-0.15, -0.1) is 11.3 Å². The third kappa shape index (κ3) is 1.78. The standard InChI is InChI=1S/C14H15FOS/c1-2-3-10-8-14(10,16)13-6-9-4-5-11(15)7-12(9)17-13/h4-7,10,16H,2-3,8H2,1H3. The van der Waals surface area contributed by atoms with Gasteiger partial charge in [0.2, 0.25) is 0 Å². The second-order valence-corrected chi connectivity index (χ2v) is 5.99. The highest BCUT2D eigenvalue weighted by Crippen LogP contribution is 2.56. The number of hydrogen-bond donors (Lipinski definition) is 1. The third-order valence-electron chi connectivity index (χ3n) is 3.62. The summed E-state index contributed by atoms with van der Waals surface area (Å²) in [5.74, 6) is 0.184. The molecule has 0 amide bonds. The van der Waals surface area contributed by atoms with Crippen LogP contribution in [0.15, 0.2) is 24.3 Å². The quantitative estimate of drug-likeness (QED) is 0.871. The lowest BCUT2D eigenvalue weighted by atomic mass is 10.1. The maximum Gasteiger partial charge on any atom is 0.124 e. The molecular formula is C14H15FOS. The van der Waals surface area contributed by atoms with Crippen LogP contribution in [0.2, 0.25) is 0 Å². The van der Waals surface area contributed by atoms with Crippen molar-refractivity contribution < 1.29 is 9.50 Å². The Morgan fingerprint density at radius 3 is 3.06 bits per heavy atom. The Kier molecular flexibility index (Phi) is 2.49. The van der Waals surface area contributed by atoms with Crippen molar-refractivity contribution in [1.82, 2.24) is 0 Å². The largest absolute Gasteiger partial charge is 0.384 e. The number of benzene rings is 1. The number of hydrogen-bond acceptors (Lipinski definition) is 2. The molecule has 3 rings (SSSR count). The second-order valence-electron chi connectivity index (χ2n) is 4.91. The van der Waals surface area contributed by atoms with E-state index in [0.717, 1.165) is 34.2 Å². The average Bonchev–Trinajstić information content (AvgIpc) is 2.76.